The summed E-state index contributed by atoms with van der Waals surface area (Å²) in [5, 5.41) is 9.75. The quantitative estimate of drug-likeness (QED) is 0.463. The number of nitrogens with two attached hydrogens (primary N) is 1. The molecule has 2 aromatic rings. The molecule has 0 bridgehead atoms. The van der Waals surface area contributed by atoms with Crippen molar-refractivity contribution in [3.8, 4) is 5.75 Å². The molecule has 5 N–H and O–H groups in total. The smallest absolute Gasteiger partial charge is 0.296 e. The first kappa shape index (κ1) is 14.5. The number of aromatic hydroxyl groups is 1. The lowest BCUT2D eigenvalue weighted by Crippen LogP contribution is -2.03. The molecule has 10 heteroatoms. The highest BCUT2D eigenvalue weighted by Crippen LogP contribution is 2.33. The van der Waals surface area contributed by atoms with Crippen molar-refractivity contribution in [3.63, 3.8) is 0 Å². The number of benzene rings is 2. The van der Waals surface area contributed by atoms with Crippen molar-refractivity contribution in [2.75, 3.05) is 5.73 Å². The van der Waals surface area contributed by atoms with Crippen molar-refractivity contribution in [2.45, 2.75) is 9.79 Å². The average molecular weight is 319 g/mol. The van der Waals surface area contributed by atoms with Crippen molar-refractivity contribution < 1.29 is 31.0 Å². The molecule has 0 aromatic heterocycles. The van der Waals surface area contributed by atoms with Crippen LogP contribution in [0.4, 0.5) is 5.69 Å². The summed E-state index contributed by atoms with van der Waals surface area (Å²) in [4.78, 5) is -1.18. The van der Waals surface area contributed by atoms with Gasteiger partial charge in [-0.3, -0.25) is 9.11 Å². The van der Waals surface area contributed by atoms with Crippen molar-refractivity contribution in [2.24, 2.45) is 0 Å². The third-order valence-corrected chi connectivity index (χ3v) is 4.35. The third-order valence-electron chi connectivity index (χ3n) is 2.61. The van der Waals surface area contributed by atoms with Gasteiger partial charge in [0.25, 0.3) is 20.2 Å². The van der Waals surface area contributed by atoms with Gasteiger partial charge in [-0.1, -0.05) is 0 Å². The van der Waals surface area contributed by atoms with E-state index in [-0.39, 0.29) is 16.5 Å². The molecule has 108 valence electrons. The molecule has 0 unspecified atom stereocenters. The molecule has 2 rings (SSSR count). The number of phenolic OH excluding ortho intramolecular Hbond substituents is 1. The van der Waals surface area contributed by atoms with Crippen LogP contribution in [0.25, 0.3) is 10.8 Å². The van der Waals surface area contributed by atoms with Crippen LogP contribution >= 0.6 is 0 Å². The van der Waals surface area contributed by atoms with E-state index in [0.717, 1.165) is 24.3 Å². The van der Waals surface area contributed by atoms with Crippen LogP contribution in [0, 0.1) is 0 Å². The first-order chi connectivity index (χ1) is 9.00. The van der Waals surface area contributed by atoms with Crippen LogP contribution in [0.2, 0.25) is 0 Å². The Kier molecular flexibility index (Phi) is 3.13. The summed E-state index contributed by atoms with van der Waals surface area (Å²) in [6, 6.07) is 3.73. The lowest BCUT2D eigenvalue weighted by Gasteiger charge is -2.08. The van der Waals surface area contributed by atoms with Gasteiger partial charge in [0.15, 0.2) is 0 Å². The van der Waals surface area contributed by atoms with Gasteiger partial charge in [-0.25, -0.2) is 0 Å². The Balaban J connectivity index is 2.90. The van der Waals surface area contributed by atoms with Gasteiger partial charge in [-0.2, -0.15) is 16.8 Å². The fourth-order valence-electron chi connectivity index (χ4n) is 1.74. The largest absolute Gasteiger partial charge is 0.507 e. The second-order valence-electron chi connectivity index (χ2n) is 4.00. The SMILES string of the molecule is Nc1cc2cc(S(=O)(=O)O)cc(O)c2cc1S(=O)(=O)O. The number of hydrogen-bond donors (Lipinski definition) is 4. The van der Waals surface area contributed by atoms with Gasteiger partial charge in [0, 0.05) is 11.5 Å². The van der Waals surface area contributed by atoms with E-state index >= 15 is 0 Å². The van der Waals surface area contributed by atoms with Crippen LogP contribution in [0.5, 0.6) is 5.75 Å². The van der Waals surface area contributed by atoms with E-state index in [2.05, 4.69) is 0 Å². The number of anilines is 1. The molecule has 0 amide bonds. The Morgan fingerprint density at radius 3 is 2.00 bits per heavy atom. The summed E-state index contributed by atoms with van der Waals surface area (Å²) in [5.41, 5.74) is 5.12. The molecule has 0 spiro atoms. The Hall–Kier alpha value is -1.88. The van der Waals surface area contributed by atoms with Crippen molar-refractivity contribution in [1.82, 2.24) is 0 Å². The minimum Gasteiger partial charge on any atom is -0.507 e. The maximum atomic E-state index is 11.1. The van der Waals surface area contributed by atoms with Crippen LogP contribution in [0.1, 0.15) is 0 Å². The molecule has 0 heterocycles. The molecule has 0 aliphatic rings. The Morgan fingerprint density at radius 2 is 1.50 bits per heavy atom. The topological polar surface area (TPSA) is 155 Å². The molecular formula is C10H9NO7S2. The lowest BCUT2D eigenvalue weighted by molar-refractivity contribution is 0.470. The van der Waals surface area contributed by atoms with E-state index in [4.69, 9.17) is 14.8 Å². The highest BCUT2D eigenvalue weighted by atomic mass is 32.2. The first-order valence-electron chi connectivity index (χ1n) is 5.01. The van der Waals surface area contributed by atoms with Gasteiger partial charge in [-0.05, 0) is 23.6 Å². The highest BCUT2D eigenvalue weighted by Gasteiger charge is 2.19. The molecule has 0 saturated heterocycles. The van der Waals surface area contributed by atoms with Gasteiger partial charge in [0.05, 0.1) is 10.6 Å². The van der Waals surface area contributed by atoms with E-state index in [1.165, 1.54) is 0 Å². The number of nitrogen functional groups attached to an aromatic ring is 1. The van der Waals surface area contributed by atoms with Gasteiger partial charge in [0.1, 0.15) is 10.6 Å². The van der Waals surface area contributed by atoms with E-state index in [0.29, 0.717) is 0 Å². The lowest BCUT2D eigenvalue weighted by atomic mass is 10.1. The maximum absolute atomic E-state index is 11.1. The molecule has 0 saturated carbocycles. The summed E-state index contributed by atoms with van der Waals surface area (Å²) in [5.74, 6) is -0.583. The average Bonchev–Trinajstić information content (AvgIpc) is 2.24. The van der Waals surface area contributed by atoms with Gasteiger partial charge in [0.2, 0.25) is 0 Å². The summed E-state index contributed by atoms with van der Waals surface area (Å²) in [7, 11) is -9.12. The van der Waals surface area contributed by atoms with Gasteiger partial charge < -0.3 is 10.8 Å². The summed E-state index contributed by atoms with van der Waals surface area (Å²) in [6.07, 6.45) is 0. The summed E-state index contributed by atoms with van der Waals surface area (Å²) in [6.45, 7) is 0. The minimum atomic E-state index is -4.58. The number of hydrogen-bond acceptors (Lipinski definition) is 6. The zero-order chi connectivity index (χ0) is 15.3. The standard InChI is InChI=1S/C10H9NO7S2/c11-8-2-5-1-6(19(13,14)15)3-9(12)7(5)4-10(8)20(16,17)18/h1-4,12H,11H2,(H,13,14,15)(H,16,17,18). The summed E-state index contributed by atoms with van der Waals surface area (Å²) >= 11 is 0. The molecule has 0 aliphatic heterocycles. The zero-order valence-electron chi connectivity index (χ0n) is 9.68. The van der Waals surface area contributed by atoms with E-state index < -0.39 is 35.8 Å². The van der Waals surface area contributed by atoms with Crippen LogP contribution in [0.3, 0.4) is 0 Å². The molecule has 0 atom stereocenters. The van der Waals surface area contributed by atoms with Crippen LogP contribution in [0.15, 0.2) is 34.1 Å². The normalized spacial score (nSPS) is 12.7. The van der Waals surface area contributed by atoms with E-state index in [1.807, 2.05) is 0 Å². The second-order valence-corrected chi connectivity index (χ2v) is 6.82. The molecule has 8 nitrogen and oxygen atoms in total. The van der Waals surface area contributed by atoms with Crippen molar-refractivity contribution >= 4 is 36.7 Å². The molecule has 0 radical (unpaired) electrons. The Morgan fingerprint density at radius 1 is 0.900 bits per heavy atom. The molecule has 2 aromatic carbocycles. The molecule has 20 heavy (non-hydrogen) atoms. The predicted molar refractivity (Wildman–Crippen MR) is 69.7 cm³/mol. The van der Waals surface area contributed by atoms with E-state index in [1.54, 1.807) is 0 Å². The monoisotopic (exact) mass is 319 g/mol. The third kappa shape index (κ3) is 2.54. The fourth-order valence-corrected chi connectivity index (χ4v) is 2.90. The molecule has 0 aliphatic carbocycles. The van der Waals surface area contributed by atoms with Crippen molar-refractivity contribution in [1.29, 1.82) is 0 Å². The number of fused-ring (bicyclic) bond motifs is 1. The van der Waals surface area contributed by atoms with Crippen LogP contribution in [-0.4, -0.2) is 31.0 Å². The maximum Gasteiger partial charge on any atom is 0.296 e. The predicted octanol–water partition coefficient (Wildman–Crippen LogP) is 0.621. The fraction of sp³-hybridized carbons (Fsp3) is 0. The highest BCUT2D eigenvalue weighted by molar-refractivity contribution is 7.86. The minimum absolute atomic E-state index is 0.0424. The van der Waals surface area contributed by atoms with Gasteiger partial charge >= 0.3 is 0 Å². The molecular weight excluding hydrogens is 310 g/mol. The summed E-state index contributed by atoms with van der Waals surface area (Å²) < 4.78 is 62.1. The van der Waals surface area contributed by atoms with Crippen LogP contribution < -0.4 is 5.73 Å². The van der Waals surface area contributed by atoms with Crippen molar-refractivity contribution in [3.05, 3.63) is 24.3 Å². The van der Waals surface area contributed by atoms with Crippen LogP contribution in [-0.2, 0) is 20.2 Å². The van der Waals surface area contributed by atoms with Gasteiger partial charge in [-0.15, -0.1) is 0 Å². The zero-order valence-corrected chi connectivity index (χ0v) is 11.3. The number of phenols is 1. The number of rotatable bonds is 2. The van der Waals surface area contributed by atoms with E-state index in [9.17, 15) is 21.9 Å². The first-order valence-corrected chi connectivity index (χ1v) is 7.89. The Labute approximate surface area is 114 Å². The molecule has 0 fully saturated rings. The Bertz CT molecular complexity index is 916. The second kappa shape index (κ2) is 4.31.